The van der Waals surface area contributed by atoms with Gasteiger partial charge in [-0.05, 0) is 72.7 Å². The zero-order chi connectivity index (χ0) is 22.4. The van der Waals surface area contributed by atoms with Gasteiger partial charge in [0.25, 0.3) is 0 Å². The molecule has 0 aromatic heterocycles. The fraction of sp³-hybridized carbons (Fsp3) is 0.333. The fourth-order valence-corrected chi connectivity index (χ4v) is 4.61. The van der Waals surface area contributed by atoms with Gasteiger partial charge >= 0.3 is 0 Å². The van der Waals surface area contributed by atoms with Crippen molar-refractivity contribution in [2.45, 2.75) is 58.8 Å². The van der Waals surface area contributed by atoms with Crippen LogP contribution in [0.1, 0.15) is 63.1 Å². The summed E-state index contributed by atoms with van der Waals surface area (Å²) in [6, 6.07) is 17.6. The lowest BCUT2D eigenvalue weighted by molar-refractivity contribution is 0.685. The summed E-state index contributed by atoms with van der Waals surface area (Å²) in [7, 11) is 0. The molecule has 31 heavy (non-hydrogen) atoms. The third kappa shape index (κ3) is 4.77. The molecular weight excluding hydrogens is 374 g/mol. The summed E-state index contributed by atoms with van der Waals surface area (Å²) in [4.78, 5) is 0. The summed E-state index contributed by atoms with van der Waals surface area (Å²) in [6.07, 6.45) is 9.50. The van der Waals surface area contributed by atoms with Crippen LogP contribution in [0.2, 0.25) is 0 Å². The number of nitrogens with one attached hydrogen (secondary N) is 1. The maximum absolute atomic E-state index is 4.58. The molecule has 1 nitrogen and oxygen atoms in total. The lowest BCUT2D eigenvalue weighted by atomic mass is 9.65. The van der Waals surface area contributed by atoms with Gasteiger partial charge in [-0.15, -0.1) is 0 Å². The first-order valence-corrected chi connectivity index (χ1v) is 11.6. The lowest BCUT2D eigenvalue weighted by Crippen LogP contribution is -2.31. The molecule has 0 saturated heterocycles. The van der Waals surface area contributed by atoms with Gasteiger partial charge in [0.1, 0.15) is 0 Å². The van der Waals surface area contributed by atoms with Crippen LogP contribution in [0, 0.1) is 6.92 Å². The molecule has 3 rings (SSSR count). The quantitative estimate of drug-likeness (QED) is 0.431. The van der Waals surface area contributed by atoms with E-state index in [9.17, 15) is 0 Å². The molecule has 1 aliphatic rings. The highest BCUT2D eigenvalue weighted by atomic mass is 14.9. The molecule has 0 saturated carbocycles. The summed E-state index contributed by atoms with van der Waals surface area (Å²) in [5, 5.41) is 3.64. The number of anilines is 1. The summed E-state index contributed by atoms with van der Waals surface area (Å²) in [6.45, 7) is 18.9. The van der Waals surface area contributed by atoms with Crippen molar-refractivity contribution in [2.24, 2.45) is 0 Å². The fourth-order valence-electron chi connectivity index (χ4n) is 4.61. The highest BCUT2D eigenvalue weighted by molar-refractivity contribution is 5.67. The molecule has 0 bridgehead atoms. The van der Waals surface area contributed by atoms with Gasteiger partial charge in [-0.2, -0.15) is 0 Å². The largest absolute Gasteiger partial charge is 0.385 e. The molecule has 0 heterocycles. The van der Waals surface area contributed by atoms with E-state index >= 15 is 0 Å². The SMILES string of the molecule is C=C1C=C(C)C(C)=CC(=C)C1(c1cccc(C)c1)c1cccc(NCCCCCC)c1. The highest BCUT2D eigenvalue weighted by Gasteiger charge is 2.40. The summed E-state index contributed by atoms with van der Waals surface area (Å²) < 4.78 is 0. The molecule has 0 atom stereocenters. The minimum absolute atomic E-state index is 0.481. The molecular formula is C30H37N. The Bertz CT molecular complexity index is 988. The van der Waals surface area contributed by atoms with Gasteiger partial charge < -0.3 is 5.32 Å². The van der Waals surface area contributed by atoms with Crippen LogP contribution in [-0.4, -0.2) is 6.54 Å². The third-order valence-corrected chi connectivity index (χ3v) is 6.47. The van der Waals surface area contributed by atoms with E-state index in [1.54, 1.807) is 0 Å². The van der Waals surface area contributed by atoms with Crippen LogP contribution in [-0.2, 0) is 5.41 Å². The molecule has 0 fully saturated rings. The van der Waals surface area contributed by atoms with E-state index in [2.05, 4.69) is 107 Å². The second-order valence-corrected chi connectivity index (χ2v) is 8.89. The van der Waals surface area contributed by atoms with Crippen molar-refractivity contribution in [3.8, 4) is 0 Å². The van der Waals surface area contributed by atoms with Gasteiger partial charge in [-0.1, -0.05) is 93.5 Å². The number of benzene rings is 2. The van der Waals surface area contributed by atoms with Crippen molar-refractivity contribution in [1.29, 1.82) is 0 Å². The number of aryl methyl sites for hydroxylation is 1. The molecule has 0 aliphatic heterocycles. The molecule has 1 N–H and O–H groups in total. The highest BCUT2D eigenvalue weighted by Crippen LogP contribution is 2.48. The minimum atomic E-state index is -0.481. The van der Waals surface area contributed by atoms with Gasteiger partial charge in [0.15, 0.2) is 0 Å². The zero-order valence-corrected chi connectivity index (χ0v) is 19.7. The van der Waals surface area contributed by atoms with Gasteiger partial charge in [0, 0.05) is 12.2 Å². The first kappa shape index (κ1) is 22.9. The average molecular weight is 412 g/mol. The first-order valence-electron chi connectivity index (χ1n) is 11.6. The summed E-state index contributed by atoms with van der Waals surface area (Å²) >= 11 is 0. The van der Waals surface area contributed by atoms with Crippen molar-refractivity contribution < 1.29 is 0 Å². The predicted molar refractivity (Wildman–Crippen MR) is 137 cm³/mol. The van der Waals surface area contributed by atoms with Crippen LogP contribution in [0.5, 0.6) is 0 Å². The average Bonchev–Trinajstić information content (AvgIpc) is 2.82. The lowest BCUT2D eigenvalue weighted by Gasteiger charge is -2.37. The van der Waals surface area contributed by atoms with E-state index in [1.165, 1.54) is 53.5 Å². The Morgan fingerprint density at radius 2 is 1.39 bits per heavy atom. The Kier molecular flexibility index (Phi) is 7.38. The molecule has 1 aliphatic carbocycles. The summed E-state index contributed by atoms with van der Waals surface area (Å²) in [5.41, 5.74) is 8.96. The normalized spacial score (nSPS) is 15.9. The zero-order valence-electron chi connectivity index (χ0n) is 19.7. The number of allylic oxidation sites excluding steroid dienone is 6. The van der Waals surface area contributed by atoms with Crippen LogP contribution in [0.25, 0.3) is 0 Å². The second kappa shape index (κ2) is 10.0. The topological polar surface area (TPSA) is 12.0 Å². The maximum Gasteiger partial charge on any atom is 0.0691 e. The minimum Gasteiger partial charge on any atom is -0.385 e. The molecule has 162 valence electrons. The molecule has 0 amide bonds. The van der Waals surface area contributed by atoms with E-state index in [4.69, 9.17) is 0 Å². The van der Waals surface area contributed by atoms with E-state index in [-0.39, 0.29) is 0 Å². The molecule has 0 radical (unpaired) electrons. The van der Waals surface area contributed by atoms with Crippen LogP contribution >= 0.6 is 0 Å². The maximum atomic E-state index is 4.58. The smallest absolute Gasteiger partial charge is 0.0691 e. The predicted octanol–water partition coefficient (Wildman–Crippen LogP) is 8.29. The molecule has 0 spiro atoms. The Morgan fingerprint density at radius 1 is 0.774 bits per heavy atom. The van der Waals surface area contributed by atoms with Crippen molar-refractivity contribution in [2.75, 3.05) is 11.9 Å². The van der Waals surface area contributed by atoms with Crippen LogP contribution in [0.3, 0.4) is 0 Å². The Balaban J connectivity index is 2.10. The van der Waals surface area contributed by atoms with E-state index in [1.807, 2.05) is 0 Å². The first-order chi connectivity index (χ1) is 14.9. The molecule has 2 aromatic carbocycles. The number of unbranched alkanes of at least 4 members (excludes halogenated alkanes) is 3. The van der Waals surface area contributed by atoms with Crippen LogP contribution in [0.15, 0.2) is 96.1 Å². The molecule has 2 aromatic rings. The molecule has 0 unspecified atom stereocenters. The van der Waals surface area contributed by atoms with Gasteiger partial charge in [-0.3, -0.25) is 0 Å². The van der Waals surface area contributed by atoms with Gasteiger partial charge in [-0.25, -0.2) is 0 Å². The number of rotatable bonds is 8. The van der Waals surface area contributed by atoms with Crippen LogP contribution in [0.4, 0.5) is 5.69 Å². The van der Waals surface area contributed by atoms with Crippen molar-refractivity contribution in [3.63, 3.8) is 0 Å². The summed E-state index contributed by atoms with van der Waals surface area (Å²) in [5.74, 6) is 0. The Morgan fingerprint density at radius 3 is 2.00 bits per heavy atom. The van der Waals surface area contributed by atoms with E-state index < -0.39 is 5.41 Å². The number of hydrogen-bond acceptors (Lipinski definition) is 1. The Hall–Kier alpha value is -2.80. The Labute approximate surface area is 189 Å². The van der Waals surface area contributed by atoms with E-state index in [0.717, 1.165) is 23.4 Å². The monoisotopic (exact) mass is 411 g/mol. The van der Waals surface area contributed by atoms with Crippen molar-refractivity contribution >= 4 is 5.69 Å². The van der Waals surface area contributed by atoms with Crippen molar-refractivity contribution in [3.05, 3.63) is 113 Å². The van der Waals surface area contributed by atoms with Gasteiger partial charge in [0.05, 0.1) is 5.41 Å². The number of hydrogen-bond donors (Lipinski definition) is 1. The second-order valence-electron chi connectivity index (χ2n) is 8.89. The standard InChI is InChI=1S/C30H37N/c1-7-8-9-10-17-31-29-16-12-15-28(21-29)30(27-14-11-13-22(2)18-27)25(5)19-23(3)24(4)20-26(30)6/h11-16,18-21,31H,5-10,17H2,1-4H3. The van der Waals surface area contributed by atoms with Crippen molar-refractivity contribution in [1.82, 2.24) is 0 Å². The molecule has 1 heteroatoms. The van der Waals surface area contributed by atoms with E-state index in [0.29, 0.717) is 0 Å². The third-order valence-electron chi connectivity index (χ3n) is 6.47. The van der Waals surface area contributed by atoms with Gasteiger partial charge in [0.2, 0.25) is 0 Å². The van der Waals surface area contributed by atoms with Crippen LogP contribution < -0.4 is 5.32 Å².